The molecule has 0 bridgehead atoms. The van der Waals surface area contributed by atoms with Crippen LogP contribution in [0, 0.1) is 18.3 Å². The molecule has 0 unspecified atom stereocenters. The maximum absolute atomic E-state index is 12.8. The van der Waals surface area contributed by atoms with Crippen molar-refractivity contribution in [3.63, 3.8) is 0 Å². The van der Waals surface area contributed by atoms with Gasteiger partial charge in [-0.2, -0.15) is 10.4 Å². The molecule has 6 heteroatoms. The lowest BCUT2D eigenvalue weighted by Gasteiger charge is -2.33. The zero-order chi connectivity index (χ0) is 20.8. The van der Waals surface area contributed by atoms with E-state index in [2.05, 4.69) is 11.2 Å². The predicted octanol–water partition coefficient (Wildman–Crippen LogP) is 3.81. The molecule has 0 radical (unpaired) electrons. The molecule has 0 saturated carbocycles. The van der Waals surface area contributed by atoms with Crippen LogP contribution in [0.1, 0.15) is 45.7 Å². The molecule has 144 valence electrons. The van der Waals surface area contributed by atoms with Gasteiger partial charge in [0.2, 0.25) is 0 Å². The summed E-state index contributed by atoms with van der Waals surface area (Å²) in [6.07, 6.45) is 1.84. The predicted molar refractivity (Wildman–Crippen MR) is 108 cm³/mol. The van der Waals surface area contributed by atoms with Crippen molar-refractivity contribution in [3.05, 3.63) is 77.0 Å². The van der Waals surface area contributed by atoms with Gasteiger partial charge in [-0.3, -0.25) is 19.2 Å². The molecule has 2 heterocycles. The number of benzene rings is 2. The molecule has 2 aromatic carbocycles. The Bertz CT molecular complexity index is 1150. The molecular formula is C23H20N4O2. The SMILES string of the molecule is Cc1cc(-c2ccn(CC(C)(C)N3C(=O)c4ccccc4C3=O)n2)ccc1C#N. The van der Waals surface area contributed by atoms with Crippen LogP contribution in [0.5, 0.6) is 0 Å². The van der Waals surface area contributed by atoms with Crippen molar-refractivity contribution < 1.29 is 9.59 Å². The summed E-state index contributed by atoms with van der Waals surface area (Å²) in [4.78, 5) is 27.0. The van der Waals surface area contributed by atoms with Gasteiger partial charge in [0.1, 0.15) is 0 Å². The molecule has 0 atom stereocenters. The Labute approximate surface area is 169 Å². The van der Waals surface area contributed by atoms with Crippen LogP contribution < -0.4 is 0 Å². The third kappa shape index (κ3) is 3.11. The van der Waals surface area contributed by atoms with E-state index in [1.807, 2.05) is 45.2 Å². The second-order valence-electron chi connectivity index (χ2n) is 7.84. The zero-order valence-corrected chi connectivity index (χ0v) is 16.5. The van der Waals surface area contributed by atoms with Gasteiger partial charge >= 0.3 is 0 Å². The van der Waals surface area contributed by atoms with Crippen LogP contribution in [0.3, 0.4) is 0 Å². The van der Waals surface area contributed by atoms with Crippen LogP contribution in [-0.2, 0) is 6.54 Å². The van der Waals surface area contributed by atoms with Crippen LogP contribution in [0.15, 0.2) is 54.7 Å². The summed E-state index contributed by atoms with van der Waals surface area (Å²) in [5.74, 6) is -0.545. The second-order valence-corrected chi connectivity index (χ2v) is 7.84. The van der Waals surface area contributed by atoms with Crippen LogP contribution in [-0.4, -0.2) is 32.0 Å². The van der Waals surface area contributed by atoms with E-state index in [1.165, 1.54) is 4.90 Å². The number of nitrogens with zero attached hydrogens (tertiary/aromatic N) is 4. The van der Waals surface area contributed by atoms with Gasteiger partial charge in [0.15, 0.2) is 0 Å². The molecular weight excluding hydrogens is 364 g/mol. The number of hydrogen-bond acceptors (Lipinski definition) is 4. The normalized spacial score (nSPS) is 13.5. The number of imide groups is 1. The van der Waals surface area contributed by atoms with Crippen LogP contribution in [0.4, 0.5) is 0 Å². The van der Waals surface area contributed by atoms with Gasteiger partial charge in [0, 0.05) is 11.8 Å². The standard InChI is InChI=1S/C23H20N4O2/c1-15-12-16(8-9-17(15)13-24)20-10-11-26(25-20)14-23(2,3)27-21(28)18-6-4-5-7-19(18)22(27)29/h4-12H,14H2,1-3H3. The Morgan fingerprint density at radius 2 is 1.69 bits per heavy atom. The Hall–Kier alpha value is -3.72. The summed E-state index contributed by atoms with van der Waals surface area (Å²) in [5, 5.41) is 13.7. The molecule has 2 amide bonds. The molecule has 29 heavy (non-hydrogen) atoms. The third-order valence-corrected chi connectivity index (χ3v) is 5.23. The van der Waals surface area contributed by atoms with Crippen molar-refractivity contribution in [2.75, 3.05) is 0 Å². The minimum absolute atomic E-state index is 0.273. The number of aromatic nitrogens is 2. The molecule has 0 fully saturated rings. The Morgan fingerprint density at radius 3 is 2.28 bits per heavy atom. The lowest BCUT2D eigenvalue weighted by atomic mass is 10.0. The lowest BCUT2D eigenvalue weighted by Crippen LogP contribution is -2.50. The molecule has 4 rings (SSSR count). The fraction of sp³-hybridized carbons (Fsp3) is 0.217. The van der Waals surface area contributed by atoms with E-state index >= 15 is 0 Å². The number of carbonyl (C=O) groups excluding carboxylic acids is 2. The average molecular weight is 384 g/mol. The van der Waals surface area contributed by atoms with Crippen LogP contribution >= 0.6 is 0 Å². The summed E-state index contributed by atoms with van der Waals surface area (Å²) in [7, 11) is 0. The Balaban J connectivity index is 1.59. The molecule has 3 aromatic rings. The number of hydrogen-bond donors (Lipinski definition) is 0. The zero-order valence-electron chi connectivity index (χ0n) is 16.5. The fourth-order valence-electron chi connectivity index (χ4n) is 3.76. The Morgan fingerprint density at radius 1 is 1.03 bits per heavy atom. The van der Waals surface area contributed by atoms with Gasteiger partial charge in [-0.1, -0.05) is 18.2 Å². The van der Waals surface area contributed by atoms with E-state index in [1.54, 1.807) is 35.0 Å². The van der Waals surface area contributed by atoms with E-state index in [9.17, 15) is 9.59 Å². The largest absolute Gasteiger partial charge is 0.270 e. The van der Waals surface area contributed by atoms with Crippen molar-refractivity contribution in [1.29, 1.82) is 5.26 Å². The first-order valence-electron chi connectivity index (χ1n) is 9.34. The quantitative estimate of drug-likeness (QED) is 0.641. The van der Waals surface area contributed by atoms with Gasteiger partial charge in [0.25, 0.3) is 11.8 Å². The first-order chi connectivity index (χ1) is 13.8. The van der Waals surface area contributed by atoms with E-state index in [0.717, 1.165) is 16.8 Å². The van der Waals surface area contributed by atoms with Crippen molar-refractivity contribution in [1.82, 2.24) is 14.7 Å². The topological polar surface area (TPSA) is 79.0 Å². The molecule has 0 saturated heterocycles. The summed E-state index contributed by atoms with van der Waals surface area (Å²) < 4.78 is 1.74. The van der Waals surface area contributed by atoms with Gasteiger partial charge in [-0.25, -0.2) is 0 Å². The van der Waals surface area contributed by atoms with Crippen molar-refractivity contribution >= 4 is 11.8 Å². The lowest BCUT2D eigenvalue weighted by molar-refractivity contribution is 0.0446. The highest BCUT2D eigenvalue weighted by Gasteiger charge is 2.44. The highest BCUT2D eigenvalue weighted by atomic mass is 16.2. The Kier molecular flexibility index (Phi) is 4.31. The monoisotopic (exact) mass is 384 g/mol. The summed E-state index contributed by atoms with van der Waals surface area (Å²) >= 11 is 0. The van der Waals surface area contributed by atoms with E-state index < -0.39 is 5.54 Å². The van der Waals surface area contributed by atoms with Crippen LogP contribution in [0.2, 0.25) is 0 Å². The van der Waals surface area contributed by atoms with Gasteiger partial charge < -0.3 is 0 Å². The summed E-state index contributed by atoms with van der Waals surface area (Å²) in [6.45, 7) is 5.99. The first-order valence-corrected chi connectivity index (χ1v) is 9.34. The molecule has 0 aliphatic carbocycles. The molecule has 0 spiro atoms. The van der Waals surface area contributed by atoms with Gasteiger partial charge in [0.05, 0.1) is 40.5 Å². The molecule has 1 aliphatic rings. The number of rotatable bonds is 4. The van der Waals surface area contributed by atoms with Gasteiger partial charge in [-0.05, 0) is 56.7 Å². The smallest absolute Gasteiger partial charge is 0.262 e. The highest BCUT2D eigenvalue weighted by Crippen LogP contribution is 2.30. The van der Waals surface area contributed by atoms with E-state index in [4.69, 9.17) is 5.26 Å². The van der Waals surface area contributed by atoms with E-state index in [0.29, 0.717) is 23.2 Å². The number of nitriles is 1. The van der Waals surface area contributed by atoms with Gasteiger partial charge in [-0.15, -0.1) is 0 Å². The number of aryl methyl sites for hydroxylation is 1. The highest BCUT2D eigenvalue weighted by molar-refractivity contribution is 6.21. The minimum Gasteiger partial charge on any atom is -0.270 e. The summed E-state index contributed by atoms with van der Waals surface area (Å²) in [5.41, 5.74) is 3.36. The van der Waals surface area contributed by atoms with Crippen molar-refractivity contribution in [2.24, 2.45) is 0 Å². The second kappa shape index (κ2) is 6.71. The fourth-order valence-corrected chi connectivity index (χ4v) is 3.76. The number of carbonyl (C=O) groups is 2. The summed E-state index contributed by atoms with van der Waals surface area (Å²) in [6, 6.07) is 16.5. The molecule has 1 aromatic heterocycles. The minimum atomic E-state index is -0.753. The van der Waals surface area contributed by atoms with Crippen LogP contribution in [0.25, 0.3) is 11.3 Å². The van der Waals surface area contributed by atoms with Crippen molar-refractivity contribution in [2.45, 2.75) is 32.9 Å². The van der Waals surface area contributed by atoms with E-state index in [-0.39, 0.29) is 11.8 Å². The maximum atomic E-state index is 12.8. The number of fused-ring (bicyclic) bond motifs is 1. The van der Waals surface area contributed by atoms with Crippen molar-refractivity contribution in [3.8, 4) is 17.3 Å². The number of amides is 2. The third-order valence-electron chi connectivity index (χ3n) is 5.23. The average Bonchev–Trinajstić information content (AvgIpc) is 3.25. The maximum Gasteiger partial charge on any atom is 0.262 e. The molecule has 0 N–H and O–H groups in total. The first kappa shape index (κ1) is 18.6. The molecule has 6 nitrogen and oxygen atoms in total. The molecule has 1 aliphatic heterocycles.